The molecule has 3 heteroatoms. The summed E-state index contributed by atoms with van der Waals surface area (Å²) in [5.41, 5.74) is 3.34. The maximum atomic E-state index is 10.1. The quantitative estimate of drug-likeness (QED) is 0.380. The fourth-order valence-corrected chi connectivity index (χ4v) is 4.34. The first-order valence-electron chi connectivity index (χ1n) is 12.5. The van der Waals surface area contributed by atoms with Gasteiger partial charge in [-0.1, -0.05) is 66.7 Å². The first kappa shape index (κ1) is 21.2. The molecule has 1 unspecified atom stereocenters. The predicted octanol–water partition coefficient (Wildman–Crippen LogP) is 6.40. The lowest BCUT2D eigenvalue weighted by Gasteiger charge is -2.32. The van der Waals surface area contributed by atoms with Gasteiger partial charge in [0.1, 0.15) is 12.4 Å². The summed E-state index contributed by atoms with van der Waals surface area (Å²) < 4.78 is 22.0. The SMILES string of the molecule is [2H]C([2H])(O)c1ccc(OCc2ccccc2)c(C(CCN(C(C)C)C(C)C)c2ccccc2)c1. The van der Waals surface area contributed by atoms with Gasteiger partial charge in [0.25, 0.3) is 0 Å². The number of nitrogens with zero attached hydrogens (tertiary/aromatic N) is 1. The Morgan fingerprint density at radius 2 is 1.47 bits per heavy atom. The first-order valence-corrected chi connectivity index (χ1v) is 11.5. The van der Waals surface area contributed by atoms with Crippen LogP contribution in [0, 0.1) is 0 Å². The van der Waals surface area contributed by atoms with E-state index < -0.39 is 6.56 Å². The van der Waals surface area contributed by atoms with Gasteiger partial charge in [-0.25, -0.2) is 0 Å². The van der Waals surface area contributed by atoms with Gasteiger partial charge in [-0.05, 0) is 69.5 Å². The summed E-state index contributed by atoms with van der Waals surface area (Å²) in [6, 6.07) is 26.3. The highest BCUT2D eigenvalue weighted by molar-refractivity contribution is 5.44. The molecule has 0 spiro atoms. The van der Waals surface area contributed by atoms with Crippen molar-refractivity contribution in [2.75, 3.05) is 6.54 Å². The molecule has 0 heterocycles. The van der Waals surface area contributed by atoms with Crippen molar-refractivity contribution < 1.29 is 12.6 Å². The second-order valence-corrected chi connectivity index (χ2v) is 8.82. The van der Waals surface area contributed by atoms with E-state index in [9.17, 15) is 5.11 Å². The van der Waals surface area contributed by atoms with E-state index in [0.29, 0.717) is 24.4 Å². The van der Waals surface area contributed by atoms with Crippen LogP contribution in [0.15, 0.2) is 78.9 Å². The van der Waals surface area contributed by atoms with Crippen molar-refractivity contribution >= 4 is 0 Å². The average molecular weight is 434 g/mol. The van der Waals surface area contributed by atoms with Crippen LogP contribution in [0.2, 0.25) is 0 Å². The fraction of sp³-hybridized carbons (Fsp3) is 0.379. The van der Waals surface area contributed by atoms with Crippen LogP contribution in [-0.2, 0) is 13.2 Å². The van der Waals surface area contributed by atoms with Gasteiger partial charge < -0.3 is 9.84 Å². The number of hydrogen-bond donors (Lipinski definition) is 1. The average Bonchev–Trinajstić information content (AvgIpc) is 2.80. The zero-order valence-corrected chi connectivity index (χ0v) is 19.7. The van der Waals surface area contributed by atoms with Gasteiger partial charge >= 0.3 is 0 Å². The molecule has 1 atom stereocenters. The van der Waals surface area contributed by atoms with Gasteiger partial charge in [0.2, 0.25) is 0 Å². The molecule has 32 heavy (non-hydrogen) atoms. The molecular formula is C29H37NO2. The number of benzene rings is 3. The van der Waals surface area contributed by atoms with Gasteiger partial charge in [0, 0.05) is 23.6 Å². The molecule has 3 aromatic carbocycles. The van der Waals surface area contributed by atoms with Crippen LogP contribution in [0.3, 0.4) is 0 Å². The standard InChI is InChI=1S/C29H37NO2/c1-22(2)30(23(3)4)18-17-27(26-13-9-6-10-14-26)28-19-25(20-31)15-16-29(28)32-21-24-11-7-5-8-12-24/h5-16,19,22-23,27,31H,17-18,20-21H2,1-4H3/i20D2. The third kappa shape index (κ3) is 6.44. The molecule has 3 rings (SSSR count). The van der Waals surface area contributed by atoms with Crippen LogP contribution in [0.25, 0.3) is 0 Å². The van der Waals surface area contributed by atoms with Crippen LogP contribution < -0.4 is 4.74 Å². The minimum atomic E-state index is -2.42. The molecule has 3 aromatic rings. The van der Waals surface area contributed by atoms with Crippen LogP contribution in [0.1, 0.15) is 65.0 Å². The summed E-state index contributed by atoms with van der Waals surface area (Å²) in [6.07, 6.45) is 0.847. The van der Waals surface area contributed by atoms with Gasteiger partial charge in [0.05, 0.1) is 9.30 Å². The molecule has 0 saturated heterocycles. The van der Waals surface area contributed by atoms with Gasteiger partial charge in [0.15, 0.2) is 0 Å². The zero-order valence-electron chi connectivity index (χ0n) is 21.7. The van der Waals surface area contributed by atoms with Crippen molar-refractivity contribution in [1.29, 1.82) is 0 Å². The van der Waals surface area contributed by atoms with Crippen LogP contribution in [0.4, 0.5) is 0 Å². The van der Waals surface area contributed by atoms with Crippen LogP contribution >= 0.6 is 0 Å². The lowest BCUT2D eigenvalue weighted by Crippen LogP contribution is -2.38. The van der Waals surface area contributed by atoms with E-state index in [1.165, 1.54) is 0 Å². The van der Waals surface area contributed by atoms with Crippen molar-refractivity contribution in [3.05, 3.63) is 101 Å². The monoisotopic (exact) mass is 433 g/mol. The molecule has 0 aromatic heterocycles. The highest BCUT2D eigenvalue weighted by atomic mass is 16.5. The third-order valence-electron chi connectivity index (χ3n) is 5.96. The predicted molar refractivity (Wildman–Crippen MR) is 133 cm³/mol. The Hall–Kier alpha value is -2.62. The molecular weight excluding hydrogens is 394 g/mol. The summed E-state index contributed by atoms with van der Waals surface area (Å²) in [4.78, 5) is 2.47. The Morgan fingerprint density at radius 3 is 2.06 bits per heavy atom. The van der Waals surface area contributed by atoms with Crippen molar-refractivity contribution in [1.82, 2.24) is 4.90 Å². The fourth-order valence-electron chi connectivity index (χ4n) is 4.34. The third-order valence-corrected chi connectivity index (χ3v) is 5.96. The summed E-state index contributed by atoms with van der Waals surface area (Å²) in [5, 5.41) is 10.1. The number of aliphatic hydroxyl groups is 1. The van der Waals surface area contributed by atoms with Crippen molar-refractivity contribution in [2.24, 2.45) is 0 Å². The van der Waals surface area contributed by atoms with E-state index in [0.717, 1.165) is 29.7 Å². The largest absolute Gasteiger partial charge is 0.489 e. The van der Waals surface area contributed by atoms with Crippen LogP contribution in [-0.4, -0.2) is 28.6 Å². The first-order chi connectivity index (χ1) is 16.2. The van der Waals surface area contributed by atoms with E-state index in [2.05, 4.69) is 44.7 Å². The molecule has 170 valence electrons. The van der Waals surface area contributed by atoms with Gasteiger partial charge in [-0.3, -0.25) is 4.90 Å². The Labute approximate surface area is 196 Å². The Kier molecular flexibility index (Phi) is 7.86. The lowest BCUT2D eigenvalue weighted by atomic mass is 9.86. The van der Waals surface area contributed by atoms with Crippen molar-refractivity contribution in [2.45, 2.75) is 65.3 Å². The minimum Gasteiger partial charge on any atom is -0.489 e. The second kappa shape index (κ2) is 11.8. The van der Waals surface area contributed by atoms with Crippen LogP contribution in [0.5, 0.6) is 5.75 Å². The van der Waals surface area contributed by atoms with E-state index in [4.69, 9.17) is 7.48 Å². The van der Waals surface area contributed by atoms with Crippen molar-refractivity contribution in [3.8, 4) is 5.75 Å². The Bertz CT molecular complexity index is 1010. The highest BCUT2D eigenvalue weighted by Gasteiger charge is 2.22. The molecule has 1 N–H and O–H groups in total. The molecule has 0 bridgehead atoms. The van der Waals surface area contributed by atoms with E-state index in [1.807, 2.05) is 48.5 Å². The second-order valence-electron chi connectivity index (χ2n) is 8.82. The maximum Gasteiger partial charge on any atom is 0.123 e. The van der Waals surface area contributed by atoms with Gasteiger partial charge in [-0.2, -0.15) is 0 Å². The Morgan fingerprint density at radius 1 is 0.844 bits per heavy atom. The summed E-state index contributed by atoms with van der Waals surface area (Å²) in [6.45, 7) is 7.75. The molecule has 3 nitrogen and oxygen atoms in total. The smallest absolute Gasteiger partial charge is 0.123 e. The Balaban J connectivity index is 2.02. The summed E-state index contributed by atoms with van der Waals surface area (Å²) >= 11 is 0. The molecule has 0 aliphatic heterocycles. The number of ether oxygens (including phenoxy) is 1. The van der Waals surface area contributed by atoms with E-state index in [-0.39, 0.29) is 11.5 Å². The van der Waals surface area contributed by atoms with E-state index in [1.54, 1.807) is 18.2 Å². The van der Waals surface area contributed by atoms with Gasteiger partial charge in [-0.15, -0.1) is 0 Å². The molecule has 0 amide bonds. The number of hydrogen-bond acceptors (Lipinski definition) is 3. The summed E-state index contributed by atoms with van der Waals surface area (Å²) in [5.74, 6) is 0.709. The zero-order chi connectivity index (χ0) is 24.7. The number of rotatable bonds is 11. The lowest BCUT2D eigenvalue weighted by molar-refractivity contribution is 0.170. The molecule has 0 saturated carbocycles. The minimum absolute atomic E-state index is 0.00530. The molecule has 0 radical (unpaired) electrons. The highest BCUT2D eigenvalue weighted by Crippen LogP contribution is 2.36. The molecule has 0 fully saturated rings. The topological polar surface area (TPSA) is 32.7 Å². The van der Waals surface area contributed by atoms with E-state index >= 15 is 0 Å². The molecule has 0 aliphatic rings. The maximum absolute atomic E-state index is 10.1. The normalized spacial score (nSPS) is 13.9. The van der Waals surface area contributed by atoms with Crippen molar-refractivity contribution in [3.63, 3.8) is 0 Å². The summed E-state index contributed by atoms with van der Waals surface area (Å²) in [7, 11) is 0. The molecule has 0 aliphatic carbocycles.